The third kappa shape index (κ3) is 3.16. The first kappa shape index (κ1) is 12.9. The van der Waals surface area contributed by atoms with Gasteiger partial charge in [-0.1, -0.05) is 6.92 Å². The molecule has 15 heavy (non-hydrogen) atoms. The number of sulfone groups is 1. The van der Waals surface area contributed by atoms with Crippen LogP contribution in [0.25, 0.3) is 0 Å². The van der Waals surface area contributed by atoms with Gasteiger partial charge in [0.15, 0.2) is 9.84 Å². The summed E-state index contributed by atoms with van der Waals surface area (Å²) in [5, 5.41) is -0.257. The molecular weight excluding hydrogens is 214 g/mol. The molecule has 2 N–H and O–H groups in total. The summed E-state index contributed by atoms with van der Waals surface area (Å²) in [6.45, 7) is 4.70. The highest BCUT2D eigenvalue weighted by Crippen LogP contribution is 2.32. The first-order valence-electron chi connectivity index (χ1n) is 5.52. The normalized spacial score (nSPS) is 32.1. The van der Waals surface area contributed by atoms with E-state index in [0.717, 1.165) is 6.42 Å². The molecule has 1 aliphatic rings. The van der Waals surface area contributed by atoms with Crippen molar-refractivity contribution in [2.24, 2.45) is 5.73 Å². The van der Waals surface area contributed by atoms with E-state index in [4.69, 9.17) is 10.5 Å². The third-order valence-corrected chi connectivity index (χ3v) is 5.33. The van der Waals surface area contributed by atoms with Crippen LogP contribution in [0.3, 0.4) is 0 Å². The lowest BCUT2D eigenvalue weighted by Crippen LogP contribution is -2.43. The second-order valence-electron chi connectivity index (χ2n) is 4.32. The predicted molar refractivity (Wildman–Crippen MR) is 60.5 cm³/mol. The highest BCUT2D eigenvalue weighted by atomic mass is 32.2. The molecule has 1 aliphatic carbocycles. The van der Waals surface area contributed by atoms with Crippen molar-refractivity contribution in [3.05, 3.63) is 0 Å². The molecule has 0 amide bonds. The standard InChI is InChI=1S/C10H21NO3S/c1-3-14-8-10(11)6-5-9(7-10)15(12,13)4-2/h9H,3-8,11H2,1-2H3. The van der Waals surface area contributed by atoms with E-state index in [1.165, 1.54) is 0 Å². The van der Waals surface area contributed by atoms with Gasteiger partial charge in [-0.15, -0.1) is 0 Å². The molecule has 2 unspecified atom stereocenters. The molecule has 0 aromatic rings. The lowest BCUT2D eigenvalue weighted by molar-refractivity contribution is 0.0968. The minimum atomic E-state index is -2.93. The first-order chi connectivity index (χ1) is 6.93. The third-order valence-electron chi connectivity index (χ3n) is 3.10. The van der Waals surface area contributed by atoms with Crippen molar-refractivity contribution in [3.63, 3.8) is 0 Å². The lowest BCUT2D eigenvalue weighted by atomic mass is 10.0. The zero-order chi connectivity index (χ0) is 11.5. The summed E-state index contributed by atoms with van der Waals surface area (Å²) in [4.78, 5) is 0. The summed E-state index contributed by atoms with van der Waals surface area (Å²) in [5.41, 5.74) is 5.67. The lowest BCUT2D eigenvalue weighted by Gasteiger charge is -2.23. The van der Waals surface area contributed by atoms with Gasteiger partial charge in [0.05, 0.1) is 11.9 Å². The molecule has 4 nitrogen and oxygen atoms in total. The Morgan fingerprint density at radius 2 is 2.13 bits per heavy atom. The Morgan fingerprint density at radius 1 is 1.47 bits per heavy atom. The number of hydrogen-bond donors (Lipinski definition) is 1. The zero-order valence-corrected chi connectivity index (χ0v) is 10.3. The molecule has 90 valence electrons. The van der Waals surface area contributed by atoms with Gasteiger partial charge >= 0.3 is 0 Å². The summed E-state index contributed by atoms with van der Waals surface area (Å²) in [6.07, 6.45) is 1.97. The molecule has 0 aliphatic heterocycles. The number of hydrogen-bond acceptors (Lipinski definition) is 4. The van der Waals surface area contributed by atoms with Crippen molar-refractivity contribution in [2.75, 3.05) is 19.0 Å². The van der Waals surface area contributed by atoms with E-state index >= 15 is 0 Å². The van der Waals surface area contributed by atoms with Crippen molar-refractivity contribution in [1.29, 1.82) is 0 Å². The summed E-state index contributed by atoms with van der Waals surface area (Å²) in [7, 11) is -2.93. The van der Waals surface area contributed by atoms with Crippen molar-refractivity contribution < 1.29 is 13.2 Å². The smallest absolute Gasteiger partial charge is 0.152 e. The topological polar surface area (TPSA) is 69.4 Å². The maximum atomic E-state index is 11.7. The van der Waals surface area contributed by atoms with Crippen molar-refractivity contribution in [3.8, 4) is 0 Å². The molecule has 2 atom stereocenters. The number of rotatable bonds is 5. The molecular formula is C10H21NO3S. The SMILES string of the molecule is CCOCC1(N)CCC(S(=O)(=O)CC)C1. The van der Waals surface area contributed by atoms with Gasteiger partial charge in [-0.2, -0.15) is 0 Å². The molecule has 1 fully saturated rings. The maximum absolute atomic E-state index is 11.7. The first-order valence-corrected chi connectivity index (χ1v) is 7.23. The van der Waals surface area contributed by atoms with Gasteiger partial charge in [0.25, 0.3) is 0 Å². The van der Waals surface area contributed by atoms with Gasteiger partial charge in [0, 0.05) is 17.9 Å². The molecule has 0 heterocycles. The van der Waals surface area contributed by atoms with Crippen LogP contribution in [0.4, 0.5) is 0 Å². The number of ether oxygens (including phenoxy) is 1. The monoisotopic (exact) mass is 235 g/mol. The van der Waals surface area contributed by atoms with Crippen LogP contribution in [-0.2, 0) is 14.6 Å². The van der Waals surface area contributed by atoms with E-state index in [2.05, 4.69) is 0 Å². The molecule has 0 aromatic carbocycles. The van der Waals surface area contributed by atoms with Gasteiger partial charge in [-0.3, -0.25) is 0 Å². The fourth-order valence-electron chi connectivity index (χ4n) is 2.08. The van der Waals surface area contributed by atoms with Gasteiger partial charge in [-0.05, 0) is 26.2 Å². The maximum Gasteiger partial charge on any atom is 0.152 e. The van der Waals surface area contributed by atoms with E-state index in [0.29, 0.717) is 26.1 Å². The summed E-state index contributed by atoms with van der Waals surface area (Å²) in [5.74, 6) is 0.211. The van der Waals surface area contributed by atoms with Gasteiger partial charge in [0.2, 0.25) is 0 Å². The van der Waals surface area contributed by atoms with E-state index in [-0.39, 0.29) is 11.0 Å². The molecule has 0 bridgehead atoms. The van der Waals surface area contributed by atoms with E-state index in [1.807, 2.05) is 6.92 Å². The second-order valence-corrected chi connectivity index (χ2v) is 6.89. The Balaban J connectivity index is 2.58. The predicted octanol–water partition coefficient (Wildman–Crippen LogP) is 0.708. The molecule has 0 saturated heterocycles. The fourth-order valence-corrected chi connectivity index (χ4v) is 3.62. The van der Waals surface area contributed by atoms with E-state index in [9.17, 15) is 8.42 Å². The number of nitrogens with two attached hydrogens (primary N) is 1. The van der Waals surface area contributed by atoms with Crippen molar-refractivity contribution in [1.82, 2.24) is 0 Å². The molecule has 0 spiro atoms. The summed E-state index contributed by atoms with van der Waals surface area (Å²) >= 11 is 0. The quantitative estimate of drug-likeness (QED) is 0.762. The van der Waals surface area contributed by atoms with Gasteiger partial charge < -0.3 is 10.5 Å². The Hall–Kier alpha value is -0.130. The molecule has 5 heteroatoms. The Bertz CT molecular complexity index is 302. The van der Waals surface area contributed by atoms with Crippen LogP contribution in [0, 0.1) is 0 Å². The van der Waals surface area contributed by atoms with Crippen molar-refractivity contribution >= 4 is 9.84 Å². The van der Waals surface area contributed by atoms with Crippen LogP contribution in [0.1, 0.15) is 33.1 Å². The van der Waals surface area contributed by atoms with Gasteiger partial charge in [0.1, 0.15) is 0 Å². The largest absolute Gasteiger partial charge is 0.380 e. The van der Waals surface area contributed by atoms with Crippen LogP contribution in [-0.4, -0.2) is 38.2 Å². The Morgan fingerprint density at radius 3 is 2.67 bits per heavy atom. The minimum Gasteiger partial charge on any atom is -0.380 e. The van der Waals surface area contributed by atoms with Crippen LogP contribution in [0.15, 0.2) is 0 Å². The van der Waals surface area contributed by atoms with Crippen LogP contribution in [0.5, 0.6) is 0 Å². The average molecular weight is 235 g/mol. The second kappa shape index (κ2) is 4.80. The molecule has 0 radical (unpaired) electrons. The van der Waals surface area contributed by atoms with Crippen LogP contribution >= 0.6 is 0 Å². The van der Waals surface area contributed by atoms with Crippen LogP contribution < -0.4 is 5.73 Å². The zero-order valence-electron chi connectivity index (χ0n) is 9.53. The highest BCUT2D eigenvalue weighted by Gasteiger charge is 2.41. The van der Waals surface area contributed by atoms with Gasteiger partial charge in [-0.25, -0.2) is 8.42 Å². The minimum absolute atomic E-state index is 0.211. The molecule has 0 aromatic heterocycles. The summed E-state index contributed by atoms with van der Waals surface area (Å²) in [6, 6.07) is 0. The van der Waals surface area contributed by atoms with E-state index in [1.54, 1.807) is 6.92 Å². The molecule has 1 saturated carbocycles. The average Bonchev–Trinajstić information content (AvgIpc) is 2.59. The van der Waals surface area contributed by atoms with E-state index < -0.39 is 15.4 Å². The highest BCUT2D eigenvalue weighted by molar-refractivity contribution is 7.92. The molecule has 1 rings (SSSR count). The van der Waals surface area contributed by atoms with Crippen molar-refractivity contribution in [2.45, 2.75) is 43.9 Å². The van der Waals surface area contributed by atoms with Crippen LogP contribution in [0.2, 0.25) is 0 Å². The fraction of sp³-hybridized carbons (Fsp3) is 1.00. The Labute approximate surface area is 92.1 Å². The Kier molecular flexibility index (Phi) is 4.14. The summed E-state index contributed by atoms with van der Waals surface area (Å²) < 4.78 is 28.6.